The highest BCUT2D eigenvalue weighted by molar-refractivity contribution is 5.79. The van der Waals surface area contributed by atoms with Gasteiger partial charge in [-0.25, -0.2) is 0 Å². The van der Waals surface area contributed by atoms with Crippen LogP contribution < -0.4 is 5.32 Å². The molecular formula is C17H20N4O. The third-order valence-corrected chi connectivity index (χ3v) is 4.16. The molecule has 0 unspecified atom stereocenters. The van der Waals surface area contributed by atoms with Gasteiger partial charge in [-0.1, -0.05) is 12.1 Å². The van der Waals surface area contributed by atoms with Gasteiger partial charge in [-0.15, -0.1) is 0 Å². The van der Waals surface area contributed by atoms with Crippen LogP contribution in [0.2, 0.25) is 0 Å². The highest BCUT2D eigenvalue weighted by Crippen LogP contribution is 2.36. The molecule has 0 saturated carbocycles. The molecule has 1 aliphatic heterocycles. The zero-order valence-electron chi connectivity index (χ0n) is 12.6. The Morgan fingerprint density at radius 3 is 2.91 bits per heavy atom. The first-order valence-corrected chi connectivity index (χ1v) is 7.52. The van der Waals surface area contributed by atoms with Gasteiger partial charge in [-0.05, 0) is 23.8 Å². The van der Waals surface area contributed by atoms with Crippen LogP contribution in [0.3, 0.4) is 0 Å². The number of carbonyl (C=O) groups excluding carboxylic acids is 1. The summed E-state index contributed by atoms with van der Waals surface area (Å²) in [6.45, 7) is 1.50. The second-order valence-corrected chi connectivity index (χ2v) is 5.65. The molecule has 3 rings (SSSR count). The summed E-state index contributed by atoms with van der Waals surface area (Å²) >= 11 is 0. The lowest BCUT2D eigenvalue weighted by molar-refractivity contribution is -0.127. The Morgan fingerprint density at radius 1 is 1.27 bits per heavy atom. The van der Waals surface area contributed by atoms with Gasteiger partial charge in [0.15, 0.2) is 0 Å². The Hall–Kier alpha value is -2.27. The van der Waals surface area contributed by atoms with Crippen LogP contribution in [0.4, 0.5) is 0 Å². The van der Waals surface area contributed by atoms with E-state index in [1.165, 1.54) is 0 Å². The van der Waals surface area contributed by atoms with Crippen LogP contribution in [0.1, 0.15) is 23.7 Å². The average molecular weight is 296 g/mol. The van der Waals surface area contributed by atoms with Crippen molar-refractivity contribution in [3.05, 3.63) is 60.2 Å². The monoisotopic (exact) mass is 296 g/mol. The van der Waals surface area contributed by atoms with E-state index in [1.807, 2.05) is 48.5 Å². The van der Waals surface area contributed by atoms with E-state index < -0.39 is 0 Å². The Morgan fingerprint density at radius 2 is 2.18 bits per heavy atom. The number of hydrogen-bond donors (Lipinski definition) is 1. The van der Waals surface area contributed by atoms with E-state index in [0.29, 0.717) is 6.42 Å². The normalized spacial score (nSPS) is 21.3. The molecule has 0 bridgehead atoms. The second kappa shape index (κ2) is 6.66. The number of rotatable bonds is 5. The maximum Gasteiger partial charge on any atom is 0.223 e. The van der Waals surface area contributed by atoms with E-state index in [1.54, 1.807) is 12.4 Å². The van der Waals surface area contributed by atoms with E-state index in [0.717, 1.165) is 24.3 Å². The predicted octanol–water partition coefficient (Wildman–Crippen LogP) is 1.79. The molecule has 5 nitrogen and oxygen atoms in total. The molecule has 0 aromatic carbocycles. The lowest BCUT2D eigenvalue weighted by Gasteiger charge is -2.25. The number of pyridine rings is 2. The minimum Gasteiger partial charge on any atom is -0.338 e. The smallest absolute Gasteiger partial charge is 0.223 e. The van der Waals surface area contributed by atoms with Crippen molar-refractivity contribution in [1.29, 1.82) is 0 Å². The zero-order chi connectivity index (χ0) is 15.4. The first-order valence-electron chi connectivity index (χ1n) is 7.52. The zero-order valence-corrected chi connectivity index (χ0v) is 12.6. The lowest BCUT2D eigenvalue weighted by Crippen LogP contribution is -2.29. The summed E-state index contributed by atoms with van der Waals surface area (Å²) in [5.74, 6) is 0.448. The summed E-state index contributed by atoms with van der Waals surface area (Å²) in [6, 6.07) is 9.94. The first-order chi connectivity index (χ1) is 10.8. The van der Waals surface area contributed by atoms with E-state index >= 15 is 0 Å². The third-order valence-electron chi connectivity index (χ3n) is 4.16. The maximum absolute atomic E-state index is 12.1. The Kier molecular flexibility index (Phi) is 4.44. The number of likely N-dealkylation sites (tertiary alicyclic amines) is 1. The number of carbonyl (C=O) groups is 1. The maximum atomic E-state index is 12.1. The van der Waals surface area contributed by atoms with Crippen LogP contribution in [-0.2, 0) is 11.3 Å². The Bertz CT molecular complexity index is 617. The van der Waals surface area contributed by atoms with Crippen molar-refractivity contribution < 1.29 is 4.79 Å². The Labute approximate surface area is 130 Å². The van der Waals surface area contributed by atoms with Crippen LogP contribution in [0.15, 0.2) is 48.9 Å². The molecule has 2 aromatic heterocycles. The second-order valence-electron chi connectivity index (χ2n) is 5.65. The van der Waals surface area contributed by atoms with E-state index in [4.69, 9.17) is 0 Å². The van der Waals surface area contributed by atoms with Gasteiger partial charge < -0.3 is 10.2 Å². The third kappa shape index (κ3) is 3.14. The SMILES string of the molecule is CN1C(=O)C[C@@H](CNCc2ccccn2)[C@@H]1c1cccnc1. The van der Waals surface area contributed by atoms with Crippen molar-refractivity contribution in [2.75, 3.05) is 13.6 Å². The molecular weight excluding hydrogens is 276 g/mol. The van der Waals surface area contributed by atoms with Gasteiger partial charge in [0.05, 0.1) is 11.7 Å². The fraction of sp³-hybridized carbons (Fsp3) is 0.353. The minimum absolute atomic E-state index is 0.0948. The van der Waals surface area contributed by atoms with Gasteiger partial charge in [0.25, 0.3) is 0 Å². The number of aromatic nitrogens is 2. The molecule has 1 N–H and O–H groups in total. The number of nitrogens with zero attached hydrogens (tertiary/aromatic N) is 3. The summed E-state index contributed by atoms with van der Waals surface area (Å²) in [5, 5.41) is 3.42. The number of hydrogen-bond acceptors (Lipinski definition) is 4. The quantitative estimate of drug-likeness (QED) is 0.914. The van der Waals surface area contributed by atoms with Gasteiger partial charge in [0.1, 0.15) is 0 Å². The first kappa shape index (κ1) is 14.7. The van der Waals surface area contributed by atoms with Gasteiger partial charge in [-0.3, -0.25) is 14.8 Å². The Balaban J connectivity index is 1.65. The topological polar surface area (TPSA) is 58.1 Å². The highest BCUT2D eigenvalue weighted by atomic mass is 16.2. The van der Waals surface area contributed by atoms with Gasteiger partial charge >= 0.3 is 0 Å². The van der Waals surface area contributed by atoms with Gasteiger partial charge in [0.2, 0.25) is 5.91 Å². The van der Waals surface area contributed by atoms with Crippen LogP contribution in [0.5, 0.6) is 0 Å². The van der Waals surface area contributed by atoms with Crippen LogP contribution in [0.25, 0.3) is 0 Å². The van der Waals surface area contributed by atoms with Gasteiger partial charge in [0, 0.05) is 51.1 Å². The molecule has 22 heavy (non-hydrogen) atoms. The molecule has 3 heterocycles. The molecule has 5 heteroatoms. The fourth-order valence-corrected chi connectivity index (χ4v) is 3.07. The summed E-state index contributed by atoms with van der Waals surface area (Å²) in [4.78, 5) is 22.4. The molecule has 0 spiro atoms. The average Bonchev–Trinajstić information content (AvgIpc) is 2.84. The molecule has 1 aliphatic rings. The summed E-state index contributed by atoms with van der Waals surface area (Å²) < 4.78 is 0. The van der Waals surface area contributed by atoms with Crippen molar-refractivity contribution in [3.8, 4) is 0 Å². The number of nitrogens with one attached hydrogen (secondary N) is 1. The van der Waals surface area contributed by atoms with Gasteiger partial charge in [-0.2, -0.15) is 0 Å². The van der Waals surface area contributed by atoms with Crippen molar-refractivity contribution in [2.45, 2.75) is 19.0 Å². The molecule has 114 valence electrons. The van der Waals surface area contributed by atoms with Crippen molar-refractivity contribution in [1.82, 2.24) is 20.2 Å². The van der Waals surface area contributed by atoms with Crippen molar-refractivity contribution >= 4 is 5.91 Å². The van der Waals surface area contributed by atoms with Crippen molar-refractivity contribution in [3.63, 3.8) is 0 Å². The fourth-order valence-electron chi connectivity index (χ4n) is 3.07. The molecule has 1 amide bonds. The molecule has 0 aliphatic carbocycles. The summed E-state index contributed by atoms with van der Waals surface area (Å²) in [5.41, 5.74) is 2.11. The van der Waals surface area contributed by atoms with Crippen molar-refractivity contribution in [2.24, 2.45) is 5.92 Å². The molecule has 2 atom stereocenters. The van der Waals surface area contributed by atoms with E-state index in [9.17, 15) is 4.79 Å². The predicted molar refractivity (Wildman–Crippen MR) is 83.8 cm³/mol. The largest absolute Gasteiger partial charge is 0.338 e. The summed E-state index contributed by atoms with van der Waals surface area (Å²) in [7, 11) is 1.87. The van der Waals surface area contributed by atoms with E-state index in [2.05, 4.69) is 15.3 Å². The van der Waals surface area contributed by atoms with Crippen LogP contribution in [-0.4, -0.2) is 34.4 Å². The van der Waals surface area contributed by atoms with Crippen LogP contribution >= 0.6 is 0 Å². The standard InChI is InChI=1S/C17H20N4O/c1-21-16(22)9-14(17(21)13-5-4-7-18-10-13)11-19-12-15-6-2-3-8-20-15/h2-8,10,14,17,19H,9,11-12H2,1H3/t14-,17-/m0/s1. The highest BCUT2D eigenvalue weighted by Gasteiger charge is 2.38. The summed E-state index contributed by atoms with van der Waals surface area (Å²) in [6.07, 6.45) is 5.98. The minimum atomic E-state index is 0.0948. The molecule has 0 radical (unpaired) electrons. The van der Waals surface area contributed by atoms with E-state index in [-0.39, 0.29) is 17.9 Å². The molecule has 1 fully saturated rings. The van der Waals surface area contributed by atoms with Crippen LogP contribution in [0, 0.1) is 5.92 Å². The molecule has 1 saturated heterocycles. The number of amides is 1. The molecule has 2 aromatic rings. The lowest BCUT2D eigenvalue weighted by atomic mass is 9.94.